The molecule has 2 aliphatic rings. The quantitative estimate of drug-likeness (QED) is 0.303. The first-order valence-electron chi connectivity index (χ1n) is 12.9. The van der Waals surface area contributed by atoms with Crippen LogP contribution in [0.3, 0.4) is 0 Å². The minimum Gasteiger partial charge on any atom is -0.348 e. The number of piperazine rings is 1. The number of carbonyl (C=O) groups is 1. The van der Waals surface area contributed by atoms with E-state index in [1.165, 1.54) is 11.1 Å². The Morgan fingerprint density at radius 2 is 1.23 bits per heavy atom. The highest BCUT2D eigenvalue weighted by Crippen LogP contribution is 2.37. The van der Waals surface area contributed by atoms with Crippen LogP contribution in [-0.2, 0) is 17.6 Å². The lowest BCUT2D eigenvalue weighted by atomic mass is 9.90. The van der Waals surface area contributed by atoms with E-state index in [-0.39, 0.29) is 30.4 Å². The Morgan fingerprint density at radius 1 is 0.769 bits per heavy atom. The molecule has 0 spiro atoms. The number of nitrogens with zero attached hydrogens (tertiary/aromatic N) is 2. The van der Waals surface area contributed by atoms with E-state index in [1.54, 1.807) is 12.1 Å². The molecule has 0 bridgehead atoms. The zero-order valence-electron chi connectivity index (χ0n) is 21.9. The maximum absolute atomic E-state index is 14.1. The van der Waals surface area contributed by atoms with Gasteiger partial charge in [0.15, 0.2) is 0 Å². The molecule has 1 amide bonds. The summed E-state index contributed by atoms with van der Waals surface area (Å²) >= 11 is 25.0. The molecule has 1 aliphatic heterocycles. The lowest BCUT2D eigenvalue weighted by Crippen LogP contribution is -2.64. The van der Waals surface area contributed by atoms with Crippen molar-refractivity contribution in [2.24, 2.45) is 0 Å². The van der Waals surface area contributed by atoms with Crippen molar-refractivity contribution in [3.05, 3.63) is 103 Å². The van der Waals surface area contributed by atoms with Crippen LogP contribution < -0.4 is 5.32 Å². The summed E-state index contributed by atoms with van der Waals surface area (Å²) in [5, 5.41) is 5.70. The number of rotatable bonds is 6. The van der Waals surface area contributed by atoms with Crippen LogP contribution in [0.4, 0.5) is 0 Å². The predicted octanol–water partition coefficient (Wildman–Crippen LogP) is 7.82. The lowest BCUT2D eigenvalue weighted by Gasteiger charge is -2.46. The zero-order valence-corrected chi connectivity index (χ0v) is 25.7. The second kappa shape index (κ2) is 12.6. The van der Waals surface area contributed by atoms with Crippen LogP contribution >= 0.6 is 58.8 Å². The van der Waals surface area contributed by atoms with E-state index in [4.69, 9.17) is 46.4 Å². The van der Waals surface area contributed by atoms with E-state index in [2.05, 4.69) is 46.3 Å². The average molecular weight is 628 g/mol. The van der Waals surface area contributed by atoms with Crippen molar-refractivity contribution in [2.45, 2.75) is 44.3 Å². The minimum atomic E-state index is -0.644. The molecule has 4 nitrogen and oxygen atoms in total. The Bertz CT molecular complexity index is 1280. The average Bonchev–Trinajstić information content (AvgIpc) is 3.28. The molecule has 1 saturated heterocycles. The summed E-state index contributed by atoms with van der Waals surface area (Å²) in [4.78, 5) is 19.0. The van der Waals surface area contributed by atoms with Crippen LogP contribution in [0.5, 0.6) is 0 Å². The fourth-order valence-electron chi connectivity index (χ4n) is 5.93. The summed E-state index contributed by atoms with van der Waals surface area (Å²) in [5.74, 6) is 0.0421. The number of fused-ring (bicyclic) bond motifs is 1. The van der Waals surface area contributed by atoms with E-state index in [0.717, 1.165) is 37.3 Å². The molecule has 5 rings (SSSR count). The van der Waals surface area contributed by atoms with Gasteiger partial charge in [-0.15, -0.1) is 12.4 Å². The van der Waals surface area contributed by atoms with E-state index in [0.29, 0.717) is 32.9 Å². The maximum Gasteiger partial charge on any atom is 0.241 e. The standard InChI is InChI=1S/C30H31Cl4N3O.ClH/c1-19(23-11-25(31)15-26(32)12-23)35-29(38)30(17-21-5-3-4-6-22(21)18-30)37-9-7-36(8-10-37)20(2)24-13-27(33)16-28(34)14-24;/h3-6,11-16,19-20H,7-10,17-18H2,1-2H3,(H,35,38);1H/t19-,20-;/m1./s1. The smallest absolute Gasteiger partial charge is 0.241 e. The van der Waals surface area contributed by atoms with Gasteiger partial charge in [0.2, 0.25) is 5.91 Å². The van der Waals surface area contributed by atoms with Crippen LogP contribution in [0.2, 0.25) is 20.1 Å². The number of amides is 1. The van der Waals surface area contributed by atoms with E-state index in [9.17, 15) is 4.79 Å². The van der Waals surface area contributed by atoms with Crippen molar-refractivity contribution >= 4 is 64.7 Å². The fraction of sp³-hybridized carbons (Fsp3) is 0.367. The molecule has 1 aliphatic carbocycles. The summed E-state index contributed by atoms with van der Waals surface area (Å²) < 4.78 is 0. The highest BCUT2D eigenvalue weighted by molar-refractivity contribution is 6.35. The number of halogens is 5. The Morgan fingerprint density at radius 3 is 1.72 bits per heavy atom. The topological polar surface area (TPSA) is 35.6 Å². The Hall–Kier alpha value is -1.50. The molecule has 208 valence electrons. The molecular formula is C30H32Cl5N3O. The Balaban J connectivity index is 0.00000353. The van der Waals surface area contributed by atoms with Crippen LogP contribution in [0, 0.1) is 0 Å². The van der Waals surface area contributed by atoms with Crippen molar-refractivity contribution in [3.8, 4) is 0 Å². The number of hydrogen-bond acceptors (Lipinski definition) is 3. The molecule has 1 heterocycles. The molecule has 2 atom stereocenters. The lowest BCUT2D eigenvalue weighted by molar-refractivity contribution is -0.135. The second-order valence-corrected chi connectivity index (χ2v) is 12.2. The number of benzene rings is 3. The first-order valence-corrected chi connectivity index (χ1v) is 14.4. The highest BCUT2D eigenvalue weighted by Gasteiger charge is 2.49. The van der Waals surface area contributed by atoms with Gasteiger partial charge in [-0.25, -0.2) is 0 Å². The van der Waals surface area contributed by atoms with Crippen LogP contribution in [0.1, 0.15) is 48.2 Å². The van der Waals surface area contributed by atoms with Gasteiger partial charge >= 0.3 is 0 Å². The molecule has 1 fully saturated rings. The third-order valence-electron chi connectivity index (χ3n) is 8.07. The van der Waals surface area contributed by atoms with Gasteiger partial charge in [0.05, 0.1) is 6.04 Å². The Kier molecular flexibility index (Phi) is 9.81. The fourth-order valence-corrected chi connectivity index (χ4v) is 7.01. The SMILES string of the molecule is C[C@H](c1cc(Cl)cc(Cl)c1)N1CCN(C2(C(=O)N[C@H](C)c3cc(Cl)cc(Cl)c3)Cc3ccccc3C2)CC1.Cl. The van der Waals surface area contributed by atoms with Crippen molar-refractivity contribution < 1.29 is 4.79 Å². The molecule has 9 heteroatoms. The van der Waals surface area contributed by atoms with Crippen molar-refractivity contribution in [2.75, 3.05) is 26.2 Å². The Labute approximate surface area is 257 Å². The molecule has 0 unspecified atom stereocenters. The molecule has 3 aromatic rings. The zero-order chi connectivity index (χ0) is 27.0. The van der Waals surface area contributed by atoms with Crippen LogP contribution in [-0.4, -0.2) is 47.4 Å². The van der Waals surface area contributed by atoms with Gasteiger partial charge in [-0.2, -0.15) is 0 Å². The van der Waals surface area contributed by atoms with Gasteiger partial charge in [0.1, 0.15) is 5.54 Å². The molecule has 1 N–H and O–H groups in total. The van der Waals surface area contributed by atoms with Gasteiger partial charge in [-0.3, -0.25) is 14.6 Å². The van der Waals surface area contributed by atoms with Gasteiger partial charge in [0, 0.05) is 65.2 Å². The molecule has 0 radical (unpaired) electrons. The maximum atomic E-state index is 14.1. The number of hydrogen-bond donors (Lipinski definition) is 1. The van der Waals surface area contributed by atoms with Crippen molar-refractivity contribution in [3.63, 3.8) is 0 Å². The third-order valence-corrected chi connectivity index (χ3v) is 8.95. The monoisotopic (exact) mass is 625 g/mol. The van der Waals surface area contributed by atoms with Crippen LogP contribution in [0.15, 0.2) is 60.7 Å². The summed E-state index contributed by atoms with van der Waals surface area (Å²) in [6, 6.07) is 19.5. The first kappa shape index (κ1) is 30.5. The van der Waals surface area contributed by atoms with E-state index < -0.39 is 5.54 Å². The first-order chi connectivity index (χ1) is 18.1. The van der Waals surface area contributed by atoms with E-state index >= 15 is 0 Å². The summed E-state index contributed by atoms with van der Waals surface area (Å²) in [6.07, 6.45) is 1.38. The molecule has 39 heavy (non-hydrogen) atoms. The van der Waals surface area contributed by atoms with Gasteiger partial charge in [0.25, 0.3) is 0 Å². The minimum absolute atomic E-state index is 0. The third kappa shape index (κ3) is 6.54. The van der Waals surface area contributed by atoms with Crippen LogP contribution in [0.25, 0.3) is 0 Å². The largest absolute Gasteiger partial charge is 0.348 e. The summed E-state index contributed by atoms with van der Waals surface area (Å²) in [6.45, 7) is 7.43. The molecular weight excluding hydrogens is 596 g/mol. The summed E-state index contributed by atoms with van der Waals surface area (Å²) in [7, 11) is 0. The van der Waals surface area contributed by atoms with Crippen molar-refractivity contribution in [1.82, 2.24) is 15.1 Å². The predicted molar refractivity (Wildman–Crippen MR) is 165 cm³/mol. The summed E-state index contributed by atoms with van der Waals surface area (Å²) in [5.41, 5.74) is 3.83. The van der Waals surface area contributed by atoms with E-state index in [1.807, 2.05) is 31.2 Å². The second-order valence-electron chi connectivity index (χ2n) is 10.5. The van der Waals surface area contributed by atoms with Gasteiger partial charge < -0.3 is 5.32 Å². The molecule has 0 aromatic heterocycles. The normalized spacial score (nSPS) is 18.6. The number of carbonyl (C=O) groups excluding carboxylic acids is 1. The molecule has 3 aromatic carbocycles. The number of nitrogens with one attached hydrogen (secondary N) is 1. The highest BCUT2D eigenvalue weighted by atomic mass is 35.5. The van der Waals surface area contributed by atoms with Crippen molar-refractivity contribution in [1.29, 1.82) is 0 Å². The molecule has 0 saturated carbocycles. The van der Waals surface area contributed by atoms with Gasteiger partial charge in [-0.1, -0.05) is 70.7 Å². The van der Waals surface area contributed by atoms with Gasteiger partial charge in [-0.05, 0) is 72.5 Å².